The summed E-state index contributed by atoms with van der Waals surface area (Å²) in [5.74, 6) is -1.11. The van der Waals surface area contributed by atoms with Crippen LogP contribution in [0.1, 0.15) is 21.0 Å². The van der Waals surface area contributed by atoms with Gasteiger partial charge in [0, 0.05) is 28.2 Å². The van der Waals surface area contributed by atoms with E-state index in [1.54, 1.807) is 36.7 Å². The average molecular weight is 442 g/mol. The van der Waals surface area contributed by atoms with Gasteiger partial charge in [-0.2, -0.15) is 0 Å². The second-order valence-electron chi connectivity index (χ2n) is 8.08. The molecule has 10 heteroatoms. The lowest BCUT2D eigenvalue weighted by Gasteiger charge is -2.17. The second-order valence-corrected chi connectivity index (χ2v) is 8.08. The van der Waals surface area contributed by atoms with E-state index in [0.717, 1.165) is 11.4 Å². The van der Waals surface area contributed by atoms with Crippen molar-refractivity contribution in [3.05, 3.63) is 48.0 Å². The van der Waals surface area contributed by atoms with Gasteiger partial charge in [0.25, 0.3) is 0 Å². The Balaban J connectivity index is 1.34. The van der Waals surface area contributed by atoms with Crippen molar-refractivity contribution in [2.24, 2.45) is 0 Å². The smallest absolute Gasteiger partial charge is 0.357 e. The quantitative estimate of drug-likeness (QED) is 0.605. The van der Waals surface area contributed by atoms with Crippen molar-refractivity contribution < 1.29 is 28.5 Å². The van der Waals surface area contributed by atoms with E-state index in [1.165, 1.54) is 0 Å². The number of pyridine rings is 2. The molecule has 4 atom stereocenters. The van der Waals surface area contributed by atoms with E-state index in [1.807, 2.05) is 38.0 Å². The maximum atomic E-state index is 12.5. The molecule has 10 nitrogen and oxygen atoms in total. The summed E-state index contributed by atoms with van der Waals surface area (Å²) in [5, 5.41) is 0. The number of aromatic nitrogens is 2. The van der Waals surface area contributed by atoms with E-state index in [0.29, 0.717) is 0 Å². The number of rotatable bonds is 6. The van der Waals surface area contributed by atoms with Gasteiger partial charge in [-0.25, -0.2) is 19.6 Å². The summed E-state index contributed by atoms with van der Waals surface area (Å²) in [5.41, 5.74) is 2.15. The predicted octanol–water partition coefficient (Wildman–Crippen LogP) is 1.16. The van der Waals surface area contributed by atoms with Gasteiger partial charge in [0.1, 0.15) is 23.6 Å². The van der Waals surface area contributed by atoms with Crippen molar-refractivity contribution in [2.75, 3.05) is 51.2 Å². The number of carbonyl (C=O) groups excluding carboxylic acids is 2. The largest absolute Gasteiger partial charge is 0.452 e. The number of ether oxygens (including phenoxy) is 4. The van der Waals surface area contributed by atoms with Gasteiger partial charge in [-0.05, 0) is 24.3 Å². The summed E-state index contributed by atoms with van der Waals surface area (Å²) >= 11 is 0. The molecule has 2 aliphatic rings. The molecule has 4 heterocycles. The molecule has 2 saturated heterocycles. The average Bonchev–Trinajstić information content (AvgIpc) is 3.37. The highest BCUT2D eigenvalue weighted by Crippen LogP contribution is 2.31. The molecule has 2 aromatic rings. The highest BCUT2D eigenvalue weighted by atomic mass is 16.7. The molecule has 2 aromatic heterocycles. The van der Waals surface area contributed by atoms with Gasteiger partial charge in [-0.1, -0.05) is 0 Å². The summed E-state index contributed by atoms with van der Waals surface area (Å²) in [7, 11) is 7.56. The van der Waals surface area contributed by atoms with Gasteiger partial charge < -0.3 is 28.7 Å². The van der Waals surface area contributed by atoms with Gasteiger partial charge in [0.15, 0.2) is 12.2 Å². The number of fused-ring (bicyclic) bond motifs is 1. The van der Waals surface area contributed by atoms with Crippen molar-refractivity contribution in [1.29, 1.82) is 0 Å². The van der Waals surface area contributed by atoms with E-state index < -0.39 is 36.4 Å². The van der Waals surface area contributed by atoms with E-state index in [2.05, 4.69) is 9.97 Å². The molecule has 2 aliphatic heterocycles. The molecular weight excluding hydrogens is 416 g/mol. The number of esters is 2. The first kappa shape index (κ1) is 22.0. The molecule has 32 heavy (non-hydrogen) atoms. The molecule has 0 N–H and O–H groups in total. The van der Waals surface area contributed by atoms with Crippen LogP contribution in [0.25, 0.3) is 0 Å². The fourth-order valence-electron chi connectivity index (χ4n) is 3.57. The Morgan fingerprint density at radius 3 is 1.50 bits per heavy atom. The van der Waals surface area contributed by atoms with E-state index in [-0.39, 0.29) is 24.6 Å². The normalized spacial score (nSPS) is 24.0. The monoisotopic (exact) mass is 442 g/mol. The van der Waals surface area contributed by atoms with Gasteiger partial charge in [-0.15, -0.1) is 0 Å². The van der Waals surface area contributed by atoms with E-state index >= 15 is 0 Å². The van der Waals surface area contributed by atoms with Gasteiger partial charge in [0.2, 0.25) is 0 Å². The molecule has 0 radical (unpaired) electrons. The number of nitrogens with zero attached hydrogens (tertiary/aromatic N) is 4. The Kier molecular flexibility index (Phi) is 6.24. The lowest BCUT2D eigenvalue weighted by atomic mass is 10.1. The predicted molar refractivity (Wildman–Crippen MR) is 115 cm³/mol. The molecule has 4 rings (SSSR count). The maximum Gasteiger partial charge on any atom is 0.357 e. The van der Waals surface area contributed by atoms with Crippen LogP contribution in [0.5, 0.6) is 0 Å². The van der Waals surface area contributed by atoms with Gasteiger partial charge in [-0.3, -0.25) is 0 Å². The molecular formula is C22H26N4O6. The molecule has 0 saturated carbocycles. The van der Waals surface area contributed by atoms with Gasteiger partial charge >= 0.3 is 11.9 Å². The third kappa shape index (κ3) is 4.51. The third-order valence-electron chi connectivity index (χ3n) is 5.43. The van der Waals surface area contributed by atoms with Crippen LogP contribution < -0.4 is 9.80 Å². The van der Waals surface area contributed by atoms with Crippen LogP contribution in [0.2, 0.25) is 0 Å². The molecule has 0 amide bonds. The lowest BCUT2D eigenvalue weighted by Crippen LogP contribution is -2.36. The third-order valence-corrected chi connectivity index (χ3v) is 5.43. The fourth-order valence-corrected chi connectivity index (χ4v) is 3.57. The number of hydrogen-bond donors (Lipinski definition) is 0. The summed E-state index contributed by atoms with van der Waals surface area (Å²) in [6.45, 7) is 0.307. The maximum absolute atomic E-state index is 12.5. The van der Waals surface area contributed by atoms with Crippen LogP contribution in [0.3, 0.4) is 0 Å². The number of hydrogen-bond acceptors (Lipinski definition) is 10. The molecule has 170 valence electrons. The fraction of sp³-hybridized carbons (Fsp3) is 0.455. The highest BCUT2D eigenvalue weighted by molar-refractivity contribution is 5.88. The number of anilines is 2. The minimum absolute atomic E-state index is 0.153. The molecule has 0 unspecified atom stereocenters. The first-order valence-electron chi connectivity index (χ1n) is 10.3. The minimum atomic E-state index is -0.607. The van der Waals surface area contributed by atoms with Crippen molar-refractivity contribution in [3.8, 4) is 0 Å². The van der Waals surface area contributed by atoms with Crippen LogP contribution in [-0.2, 0) is 18.9 Å². The minimum Gasteiger partial charge on any atom is -0.452 e. The summed E-state index contributed by atoms with van der Waals surface area (Å²) in [6, 6.07) is 6.80. The topological polar surface area (TPSA) is 103 Å². The van der Waals surface area contributed by atoms with Crippen LogP contribution >= 0.6 is 0 Å². The van der Waals surface area contributed by atoms with Crippen LogP contribution in [0.15, 0.2) is 36.7 Å². The van der Waals surface area contributed by atoms with Crippen LogP contribution in [0.4, 0.5) is 11.4 Å². The summed E-state index contributed by atoms with van der Waals surface area (Å²) in [4.78, 5) is 37.1. The molecule has 0 spiro atoms. The highest BCUT2D eigenvalue weighted by Gasteiger charge is 2.51. The Bertz CT molecular complexity index is 884. The Morgan fingerprint density at radius 1 is 0.781 bits per heavy atom. The van der Waals surface area contributed by atoms with Crippen molar-refractivity contribution in [1.82, 2.24) is 9.97 Å². The molecule has 0 aromatic carbocycles. The zero-order chi connectivity index (χ0) is 22.8. The summed E-state index contributed by atoms with van der Waals surface area (Å²) in [6.07, 6.45) is 0.966. The van der Waals surface area contributed by atoms with E-state index in [9.17, 15) is 9.59 Å². The first-order chi connectivity index (χ1) is 15.3. The van der Waals surface area contributed by atoms with Crippen LogP contribution in [0, 0.1) is 0 Å². The van der Waals surface area contributed by atoms with Crippen LogP contribution in [-0.4, -0.2) is 87.7 Å². The Hall–Kier alpha value is -3.24. The Labute approximate surface area is 186 Å². The van der Waals surface area contributed by atoms with Crippen molar-refractivity contribution in [2.45, 2.75) is 24.4 Å². The van der Waals surface area contributed by atoms with Crippen molar-refractivity contribution >= 4 is 23.3 Å². The Morgan fingerprint density at radius 2 is 1.19 bits per heavy atom. The zero-order valence-electron chi connectivity index (χ0n) is 18.4. The summed E-state index contributed by atoms with van der Waals surface area (Å²) < 4.78 is 22.6. The second kappa shape index (κ2) is 9.09. The molecule has 2 fully saturated rings. The van der Waals surface area contributed by atoms with Gasteiger partial charge in [0.05, 0.1) is 37.0 Å². The number of carbonyl (C=O) groups is 2. The van der Waals surface area contributed by atoms with Crippen molar-refractivity contribution in [3.63, 3.8) is 0 Å². The first-order valence-corrected chi connectivity index (χ1v) is 10.3. The standard InChI is InChI=1S/C22H26N4O6/c1-25(2)13-5-7-15(23-9-13)21(27)31-17-11-29-20-18(12-30-19(17)20)32-22(28)16-8-6-14(10-24-16)26(3)4/h5-10,17-20H,11-12H2,1-4H3/t17-,18+,19-,20-/m1/s1. The SMILES string of the molecule is CN(C)c1ccc(C(=O)O[C@H]2CO[C@H]3[C@@H]2OC[C@H]3OC(=O)c2ccc(N(C)C)cn2)nc1. The zero-order valence-corrected chi connectivity index (χ0v) is 18.4. The molecule has 0 aliphatic carbocycles. The van der Waals surface area contributed by atoms with E-state index in [4.69, 9.17) is 18.9 Å². The molecule has 0 bridgehead atoms. The lowest BCUT2D eigenvalue weighted by molar-refractivity contribution is -0.0291.